The van der Waals surface area contributed by atoms with Crippen LogP contribution in [0.1, 0.15) is 23.2 Å². The predicted octanol–water partition coefficient (Wildman–Crippen LogP) is 4.82. The SMILES string of the molecule is O=C(Nc1ccc(N2CCCC2)cc1)c1ccnc(Nc2ccccc2F)c1. The number of para-hydroxylation sites is 1. The Bertz CT molecular complexity index is 968. The van der Waals surface area contributed by atoms with E-state index in [4.69, 9.17) is 0 Å². The van der Waals surface area contributed by atoms with Gasteiger partial charge in [-0.25, -0.2) is 9.37 Å². The zero-order valence-electron chi connectivity index (χ0n) is 15.4. The molecule has 4 rings (SSSR count). The highest BCUT2D eigenvalue weighted by Gasteiger charge is 2.13. The number of anilines is 4. The zero-order valence-corrected chi connectivity index (χ0v) is 15.4. The molecule has 2 aromatic carbocycles. The van der Waals surface area contributed by atoms with Gasteiger partial charge in [0, 0.05) is 36.2 Å². The van der Waals surface area contributed by atoms with Gasteiger partial charge >= 0.3 is 0 Å². The maximum atomic E-state index is 13.8. The Morgan fingerprint density at radius 3 is 2.50 bits per heavy atom. The van der Waals surface area contributed by atoms with Gasteiger partial charge in [0.2, 0.25) is 0 Å². The van der Waals surface area contributed by atoms with Gasteiger partial charge in [-0.05, 0) is 61.4 Å². The number of amides is 1. The molecular weight excluding hydrogens is 355 g/mol. The largest absolute Gasteiger partial charge is 0.372 e. The van der Waals surface area contributed by atoms with Crippen LogP contribution in [-0.2, 0) is 0 Å². The summed E-state index contributed by atoms with van der Waals surface area (Å²) in [5, 5.41) is 5.79. The van der Waals surface area contributed by atoms with Gasteiger partial charge < -0.3 is 15.5 Å². The highest BCUT2D eigenvalue weighted by molar-refractivity contribution is 6.04. The molecule has 1 fully saturated rings. The first kappa shape index (κ1) is 18.0. The Labute approximate surface area is 163 Å². The maximum Gasteiger partial charge on any atom is 0.255 e. The summed E-state index contributed by atoms with van der Waals surface area (Å²) in [5.41, 5.74) is 2.66. The van der Waals surface area contributed by atoms with Crippen molar-refractivity contribution in [2.24, 2.45) is 0 Å². The summed E-state index contributed by atoms with van der Waals surface area (Å²) in [6, 6.07) is 17.4. The van der Waals surface area contributed by atoms with E-state index in [9.17, 15) is 9.18 Å². The molecular formula is C22H21FN4O. The van der Waals surface area contributed by atoms with Crippen LogP contribution >= 0.6 is 0 Å². The molecule has 0 atom stereocenters. The van der Waals surface area contributed by atoms with Crippen molar-refractivity contribution in [1.29, 1.82) is 0 Å². The number of hydrogen-bond donors (Lipinski definition) is 2. The minimum Gasteiger partial charge on any atom is -0.372 e. The number of benzene rings is 2. The third kappa shape index (κ3) is 4.11. The molecule has 0 bridgehead atoms. The quantitative estimate of drug-likeness (QED) is 0.670. The Morgan fingerprint density at radius 1 is 1.00 bits per heavy atom. The second-order valence-electron chi connectivity index (χ2n) is 6.73. The van der Waals surface area contributed by atoms with E-state index >= 15 is 0 Å². The number of pyridine rings is 1. The molecule has 3 aromatic rings. The molecule has 142 valence electrons. The lowest BCUT2D eigenvalue weighted by atomic mass is 10.2. The predicted molar refractivity (Wildman–Crippen MR) is 110 cm³/mol. The molecule has 0 saturated carbocycles. The summed E-state index contributed by atoms with van der Waals surface area (Å²) in [4.78, 5) is 19.1. The first-order chi connectivity index (χ1) is 13.7. The smallest absolute Gasteiger partial charge is 0.255 e. The van der Waals surface area contributed by atoms with Gasteiger partial charge in [0.15, 0.2) is 0 Å². The fourth-order valence-electron chi connectivity index (χ4n) is 3.27. The van der Waals surface area contributed by atoms with Crippen LogP contribution in [0.25, 0.3) is 0 Å². The van der Waals surface area contributed by atoms with Crippen LogP contribution in [-0.4, -0.2) is 24.0 Å². The molecule has 0 aliphatic carbocycles. The zero-order chi connectivity index (χ0) is 19.3. The molecule has 1 amide bonds. The van der Waals surface area contributed by atoms with E-state index in [0.29, 0.717) is 17.1 Å². The molecule has 0 unspecified atom stereocenters. The summed E-state index contributed by atoms with van der Waals surface area (Å²) in [7, 11) is 0. The summed E-state index contributed by atoms with van der Waals surface area (Å²) in [5.74, 6) is -0.215. The molecule has 1 aliphatic heterocycles. The van der Waals surface area contributed by atoms with E-state index < -0.39 is 0 Å². The van der Waals surface area contributed by atoms with Crippen LogP contribution in [0, 0.1) is 5.82 Å². The number of nitrogens with zero attached hydrogens (tertiary/aromatic N) is 2. The Morgan fingerprint density at radius 2 is 1.75 bits per heavy atom. The van der Waals surface area contributed by atoms with Crippen molar-refractivity contribution in [3.05, 3.63) is 78.2 Å². The maximum absolute atomic E-state index is 13.8. The van der Waals surface area contributed by atoms with Gasteiger partial charge in [0.25, 0.3) is 5.91 Å². The number of hydrogen-bond acceptors (Lipinski definition) is 4. The van der Waals surface area contributed by atoms with Gasteiger partial charge in [-0.15, -0.1) is 0 Å². The number of aromatic nitrogens is 1. The number of carbonyl (C=O) groups excluding carboxylic acids is 1. The Balaban J connectivity index is 1.44. The van der Waals surface area contributed by atoms with Gasteiger partial charge in [-0.2, -0.15) is 0 Å². The molecule has 28 heavy (non-hydrogen) atoms. The topological polar surface area (TPSA) is 57.3 Å². The summed E-state index contributed by atoms with van der Waals surface area (Å²) < 4.78 is 13.8. The van der Waals surface area contributed by atoms with E-state index in [2.05, 4.69) is 20.5 Å². The molecule has 0 radical (unpaired) electrons. The fraction of sp³-hybridized carbons (Fsp3) is 0.182. The molecule has 2 N–H and O–H groups in total. The van der Waals surface area contributed by atoms with Crippen LogP contribution < -0.4 is 15.5 Å². The van der Waals surface area contributed by atoms with Crippen LogP contribution in [0.3, 0.4) is 0 Å². The average Bonchev–Trinajstić information content (AvgIpc) is 3.25. The molecule has 6 heteroatoms. The highest BCUT2D eigenvalue weighted by atomic mass is 19.1. The number of nitrogens with one attached hydrogen (secondary N) is 2. The molecule has 1 saturated heterocycles. The Kier molecular flexibility index (Phi) is 5.19. The van der Waals surface area contributed by atoms with E-state index in [1.165, 1.54) is 30.8 Å². The lowest BCUT2D eigenvalue weighted by Gasteiger charge is -2.17. The lowest BCUT2D eigenvalue weighted by Crippen LogP contribution is -2.17. The van der Waals surface area contributed by atoms with Gasteiger partial charge in [0.05, 0.1) is 5.69 Å². The first-order valence-corrected chi connectivity index (χ1v) is 9.33. The van der Waals surface area contributed by atoms with Crippen LogP contribution in [0.4, 0.5) is 27.3 Å². The van der Waals surface area contributed by atoms with Crippen LogP contribution in [0.5, 0.6) is 0 Å². The normalized spacial score (nSPS) is 13.4. The second-order valence-corrected chi connectivity index (χ2v) is 6.73. The Hall–Kier alpha value is -3.41. The average molecular weight is 376 g/mol. The van der Waals surface area contributed by atoms with Crippen LogP contribution in [0.2, 0.25) is 0 Å². The molecule has 1 aliphatic rings. The molecule has 1 aromatic heterocycles. The standard InChI is InChI=1S/C22H21FN4O/c23-19-5-1-2-6-20(19)26-21-15-16(11-12-24-21)22(28)25-17-7-9-18(10-8-17)27-13-3-4-14-27/h1-2,5-12,15H,3-4,13-14H2,(H,24,26)(H,25,28). The van der Waals surface area contributed by atoms with Gasteiger partial charge in [-0.3, -0.25) is 4.79 Å². The molecule has 5 nitrogen and oxygen atoms in total. The van der Waals surface area contributed by atoms with E-state index in [0.717, 1.165) is 18.8 Å². The van der Waals surface area contributed by atoms with Crippen LogP contribution in [0.15, 0.2) is 66.9 Å². The highest BCUT2D eigenvalue weighted by Crippen LogP contribution is 2.23. The molecule has 2 heterocycles. The number of rotatable bonds is 5. The van der Waals surface area contributed by atoms with Gasteiger partial charge in [-0.1, -0.05) is 12.1 Å². The minimum atomic E-state index is -0.378. The van der Waals surface area contributed by atoms with E-state index in [1.807, 2.05) is 24.3 Å². The monoisotopic (exact) mass is 376 g/mol. The summed E-state index contributed by atoms with van der Waals surface area (Å²) in [6.07, 6.45) is 3.97. The third-order valence-electron chi connectivity index (χ3n) is 4.76. The van der Waals surface area contributed by atoms with Crippen molar-refractivity contribution >= 4 is 28.8 Å². The third-order valence-corrected chi connectivity index (χ3v) is 4.76. The first-order valence-electron chi connectivity index (χ1n) is 9.33. The number of halogens is 1. The van der Waals surface area contributed by atoms with E-state index in [-0.39, 0.29) is 11.7 Å². The minimum absolute atomic E-state index is 0.243. The van der Waals surface area contributed by atoms with Crippen molar-refractivity contribution in [3.8, 4) is 0 Å². The fourth-order valence-corrected chi connectivity index (χ4v) is 3.27. The number of carbonyl (C=O) groups is 1. The molecule has 0 spiro atoms. The summed E-state index contributed by atoms with van der Waals surface area (Å²) in [6.45, 7) is 2.17. The van der Waals surface area contributed by atoms with Crippen molar-refractivity contribution in [1.82, 2.24) is 4.98 Å². The van der Waals surface area contributed by atoms with Gasteiger partial charge in [0.1, 0.15) is 11.6 Å². The van der Waals surface area contributed by atoms with Crippen molar-refractivity contribution in [3.63, 3.8) is 0 Å². The lowest BCUT2D eigenvalue weighted by molar-refractivity contribution is 0.102. The second kappa shape index (κ2) is 8.08. The summed E-state index contributed by atoms with van der Waals surface area (Å²) >= 11 is 0. The van der Waals surface area contributed by atoms with Crippen molar-refractivity contribution in [2.45, 2.75) is 12.8 Å². The van der Waals surface area contributed by atoms with E-state index in [1.54, 1.807) is 30.3 Å². The van der Waals surface area contributed by atoms with Crippen molar-refractivity contribution < 1.29 is 9.18 Å². The van der Waals surface area contributed by atoms with Crippen molar-refractivity contribution in [2.75, 3.05) is 28.6 Å².